The lowest BCUT2D eigenvalue weighted by atomic mass is 9.93. The number of unbranched alkanes of at least 4 members (excludes halogenated alkanes) is 3. The van der Waals surface area contributed by atoms with Crippen molar-refractivity contribution in [3.63, 3.8) is 0 Å². The molecule has 1 aromatic rings. The zero-order valence-corrected chi connectivity index (χ0v) is 17.8. The molecule has 2 heterocycles. The summed E-state index contributed by atoms with van der Waals surface area (Å²) in [7, 11) is -1.98. The molecule has 1 aromatic heterocycles. The van der Waals surface area contributed by atoms with Crippen LogP contribution in [0.1, 0.15) is 38.8 Å². The van der Waals surface area contributed by atoms with Gasteiger partial charge < -0.3 is 25.1 Å². The van der Waals surface area contributed by atoms with Crippen LogP contribution in [0.2, 0.25) is 19.1 Å². The molecule has 0 radical (unpaired) electrons. The quantitative estimate of drug-likeness (QED) is 0.319. The van der Waals surface area contributed by atoms with E-state index < -0.39 is 38.0 Å². The summed E-state index contributed by atoms with van der Waals surface area (Å²) in [4.78, 5) is 15.7. The number of anilines is 1. The van der Waals surface area contributed by atoms with Gasteiger partial charge in [0.15, 0.2) is 20.1 Å². The first kappa shape index (κ1) is 22.6. The molecule has 0 aromatic carbocycles. The number of rotatable bonds is 9. The molecule has 1 aliphatic heterocycles. The lowest BCUT2D eigenvalue weighted by molar-refractivity contribution is -0.0591. The number of hydrogen-bond acceptors (Lipinski definition) is 7. The van der Waals surface area contributed by atoms with Gasteiger partial charge in [-0.25, -0.2) is 4.79 Å². The number of nitrogens with zero attached hydrogens (tertiary/aromatic N) is 2. The first-order valence-corrected chi connectivity index (χ1v) is 12.8. The molecule has 4 atom stereocenters. The summed E-state index contributed by atoms with van der Waals surface area (Å²) in [6.45, 7) is 6.41. The number of nitrogens with two attached hydrogens (primary N) is 1. The molecular formula is C19H31N3O5Si. The van der Waals surface area contributed by atoms with Gasteiger partial charge in [0, 0.05) is 6.20 Å². The number of aliphatic hydroxyl groups excluding tert-OH is 1. The summed E-state index contributed by atoms with van der Waals surface area (Å²) < 4.78 is 12.9. The first-order valence-electron chi connectivity index (χ1n) is 9.67. The fraction of sp³-hybridized carbons (Fsp3) is 0.684. The zero-order valence-electron chi connectivity index (χ0n) is 16.8. The number of terminal acetylenes is 1. The number of hydrogen-bond donors (Lipinski definition) is 3. The van der Waals surface area contributed by atoms with Crippen LogP contribution in [0.15, 0.2) is 17.1 Å². The van der Waals surface area contributed by atoms with Gasteiger partial charge in [0.05, 0.1) is 6.61 Å². The molecule has 0 unspecified atom stereocenters. The van der Waals surface area contributed by atoms with E-state index in [1.165, 1.54) is 31.5 Å². The van der Waals surface area contributed by atoms with Crippen LogP contribution in [0.5, 0.6) is 0 Å². The normalized spacial score (nSPS) is 27.6. The Morgan fingerprint density at radius 3 is 2.79 bits per heavy atom. The van der Waals surface area contributed by atoms with Gasteiger partial charge in [0.25, 0.3) is 0 Å². The SMILES string of the molecule is C#C[C@@]1(O)[C@@H](CO[Si](C)(C)CCCCCC)O[C@@H](n2ccc(N)nc2=O)[C@@H]1O. The summed E-state index contributed by atoms with van der Waals surface area (Å²) in [6, 6.07) is 2.39. The lowest BCUT2D eigenvalue weighted by Crippen LogP contribution is -2.49. The number of aromatic nitrogens is 2. The van der Waals surface area contributed by atoms with Crippen LogP contribution in [-0.4, -0.2) is 52.5 Å². The van der Waals surface area contributed by atoms with Crippen molar-refractivity contribution in [2.45, 2.75) is 75.8 Å². The number of nitrogen functional groups attached to an aromatic ring is 1. The van der Waals surface area contributed by atoms with Gasteiger partial charge in [0.1, 0.15) is 18.0 Å². The average Bonchev–Trinajstić information content (AvgIpc) is 2.89. The molecule has 4 N–H and O–H groups in total. The van der Waals surface area contributed by atoms with Gasteiger partial charge in [-0.1, -0.05) is 38.5 Å². The van der Waals surface area contributed by atoms with Crippen molar-refractivity contribution in [3.05, 3.63) is 22.7 Å². The second-order valence-corrected chi connectivity index (χ2v) is 12.2. The van der Waals surface area contributed by atoms with Crippen LogP contribution < -0.4 is 11.4 Å². The van der Waals surface area contributed by atoms with Crippen LogP contribution in [0, 0.1) is 12.3 Å². The van der Waals surface area contributed by atoms with Crippen molar-refractivity contribution in [1.29, 1.82) is 0 Å². The van der Waals surface area contributed by atoms with Crippen LogP contribution >= 0.6 is 0 Å². The van der Waals surface area contributed by atoms with Gasteiger partial charge >= 0.3 is 5.69 Å². The van der Waals surface area contributed by atoms with Gasteiger partial charge in [-0.3, -0.25) is 4.57 Å². The Morgan fingerprint density at radius 2 is 2.18 bits per heavy atom. The van der Waals surface area contributed by atoms with E-state index in [1.807, 2.05) is 0 Å². The molecule has 1 fully saturated rings. The van der Waals surface area contributed by atoms with E-state index in [1.54, 1.807) is 0 Å². The maximum absolute atomic E-state index is 12.1. The van der Waals surface area contributed by atoms with Crippen molar-refractivity contribution < 1.29 is 19.4 Å². The third kappa shape index (κ3) is 5.01. The largest absolute Gasteiger partial charge is 0.415 e. The summed E-state index contributed by atoms with van der Waals surface area (Å²) in [6.07, 6.45) is 7.83. The molecule has 0 spiro atoms. The van der Waals surface area contributed by atoms with E-state index in [2.05, 4.69) is 30.9 Å². The Morgan fingerprint density at radius 1 is 1.46 bits per heavy atom. The molecule has 0 saturated carbocycles. The zero-order chi connectivity index (χ0) is 20.9. The maximum atomic E-state index is 12.1. The molecule has 8 nitrogen and oxygen atoms in total. The molecule has 1 saturated heterocycles. The van der Waals surface area contributed by atoms with Crippen molar-refractivity contribution in [1.82, 2.24) is 9.55 Å². The molecule has 0 amide bonds. The smallest absolute Gasteiger partial charge is 0.351 e. The van der Waals surface area contributed by atoms with E-state index in [9.17, 15) is 15.0 Å². The minimum Gasteiger partial charge on any atom is -0.415 e. The van der Waals surface area contributed by atoms with Crippen molar-refractivity contribution in [2.24, 2.45) is 0 Å². The van der Waals surface area contributed by atoms with Gasteiger partial charge in [-0.15, -0.1) is 6.42 Å². The van der Waals surface area contributed by atoms with Crippen molar-refractivity contribution in [3.8, 4) is 12.3 Å². The second kappa shape index (κ2) is 9.20. The molecule has 156 valence electrons. The number of aliphatic hydroxyl groups is 2. The Kier molecular flexibility index (Phi) is 7.42. The summed E-state index contributed by atoms with van der Waals surface area (Å²) in [5, 5.41) is 21.4. The van der Waals surface area contributed by atoms with Crippen LogP contribution in [-0.2, 0) is 9.16 Å². The maximum Gasteiger partial charge on any atom is 0.351 e. The van der Waals surface area contributed by atoms with E-state index in [0.717, 1.165) is 17.0 Å². The highest BCUT2D eigenvalue weighted by atomic mass is 28.4. The predicted octanol–water partition coefficient (Wildman–Crippen LogP) is 1.25. The fourth-order valence-corrected chi connectivity index (χ4v) is 5.14. The summed E-state index contributed by atoms with van der Waals surface area (Å²) in [5.74, 6) is 2.27. The third-order valence-corrected chi connectivity index (χ3v) is 7.64. The minimum absolute atomic E-state index is 0.0401. The highest BCUT2D eigenvalue weighted by Crippen LogP contribution is 2.37. The van der Waals surface area contributed by atoms with Gasteiger partial charge in [-0.05, 0) is 25.2 Å². The summed E-state index contributed by atoms with van der Waals surface area (Å²) >= 11 is 0. The highest BCUT2D eigenvalue weighted by molar-refractivity contribution is 6.71. The second-order valence-electron chi connectivity index (χ2n) is 7.85. The minimum atomic E-state index is -1.98. The lowest BCUT2D eigenvalue weighted by Gasteiger charge is -2.29. The molecule has 0 aliphatic carbocycles. The van der Waals surface area contributed by atoms with E-state index in [0.29, 0.717) is 0 Å². The fourth-order valence-electron chi connectivity index (χ4n) is 3.29. The monoisotopic (exact) mass is 409 g/mol. The Balaban J connectivity index is 2.09. The van der Waals surface area contributed by atoms with E-state index in [-0.39, 0.29) is 12.4 Å². The number of ether oxygens (including phenoxy) is 1. The molecule has 1 aliphatic rings. The Hall–Kier alpha value is -1.70. The van der Waals surface area contributed by atoms with Crippen LogP contribution in [0.3, 0.4) is 0 Å². The molecule has 2 rings (SSSR count). The third-order valence-electron chi connectivity index (χ3n) is 5.13. The Bertz CT molecular complexity index is 763. The molecule has 28 heavy (non-hydrogen) atoms. The van der Waals surface area contributed by atoms with Gasteiger partial charge in [0.2, 0.25) is 0 Å². The standard InChI is InChI=1S/C19H31N3O5Si/c1-5-7-8-9-12-28(3,4)26-13-14-19(25,6-2)16(23)17(27-14)22-11-10-15(20)21-18(22)24/h2,10-11,14,16-17,23,25H,5,7-9,12-13H2,1,3-4H3,(H2,20,21,24)/t14-,16+,17-,19-/m1/s1. The first-order chi connectivity index (χ1) is 13.1. The average molecular weight is 410 g/mol. The van der Waals surface area contributed by atoms with E-state index >= 15 is 0 Å². The molecule has 0 bridgehead atoms. The predicted molar refractivity (Wildman–Crippen MR) is 109 cm³/mol. The van der Waals surface area contributed by atoms with Crippen LogP contribution in [0.4, 0.5) is 5.82 Å². The van der Waals surface area contributed by atoms with Crippen molar-refractivity contribution in [2.75, 3.05) is 12.3 Å². The highest BCUT2D eigenvalue weighted by Gasteiger charge is 2.55. The Labute approximate surface area is 166 Å². The summed E-state index contributed by atoms with van der Waals surface area (Å²) in [5.41, 5.74) is 2.82. The topological polar surface area (TPSA) is 120 Å². The van der Waals surface area contributed by atoms with Crippen molar-refractivity contribution >= 4 is 14.1 Å². The molecular weight excluding hydrogens is 378 g/mol. The van der Waals surface area contributed by atoms with E-state index in [4.69, 9.17) is 21.3 Å². The van der Waals surface area contributed by atoms with Crippen LogP contribution in [0.25, 0.3) is 0 Å². The van der Waals surface area contributed by atoms with Gasteiger partial charge in [-0.2, -0.15) is 4.98 Å². The molecule has 9 heteroatoms.